The van der Waals surface area contributed by atoms with Gasteiger partial charge >= 0.3 is 0 Å². The molecular weight excluding hydrogens is 224 g/mol. The molecule has 1 aliphatic carbocycles. The maximum atomic E-state index is 12.0. The van der Waals surface area contributed by atoms with Crippen LogP contribution in [0.5, 0.6) is 0 Å². The van der Waals surface area contributed by atoms with Gasteiger partial charge in [-0.15, -0.1) is 0 Å². The second-order valence-corrected chi connectivity index (χ2v) is 7.07. The number of hydrogen-bond donors (Lipinski definition) is 2. The molecule has 2 N–H and O–H groups in total. The highest BCUT2D eigenvalue weighted by Crippen LogP contribution is 2.27. The van der Waals surface area contributed by atoms with Crippen molar-refractivity contribution in [3.05, 3.63) is 0 Å². The van der Waals surface area contributed by atoms with Crippen molar-refractivity contribution in [1.82, 2.24) is 10.6 Å². The molecule has 2 atom stereocenters. The minimum Gasteiger partial charge on any atom is -0.356 e. The Hall–Kier alpha value is -0.570. The normalized spacial score (nSPS) is 24.6. The van der Waals surface area contributed by atoms with E-state index in [-0.39, 0.29) is 17.4 Å². The molecule has 1 fully saturated rings. The summed E-state index contributed by atoms with van der Waals surface area (Å²) >= 11 is 0. The van der Waals surface area contributed by atoms with Crippen molar-refractivity contribution in [3.63, 3.8) is 0 Å². The molecule has 0 aliphatic heterocycles. The SMILES string of the molecule is CC(C)CCNC(=O)[C@@H]1CC[C@H](NC(C)(C)C)C1. The fourth-order valence-electron chi connectivity index (χ4n) is 2.59. The van der Waals surface area contributed by atoms with Crippen molar-refractivity contribution >= 4 is 5.91 Å². The van der Waals surface area contributed by atoms with Gasteiger partial charge in [0.2, 0.25) is 5.91 Å². The molecule has 1 rings (SSSR count). The third kappa shape index (κ3) is 5.85. The lowest BCUT2D eigenvalue weighted by molar-refractivity contribution is -0.124. The van der Waals surface area contributed by atoms with E-state index in [9.17, 15) is 4.79 Å². The Balaban J connectivity index is 2.26. The van der Waals surface area contributed by atoms with E-state index in [1.54, 1.807) is 0 Å². The molecule has 0 unspecified atom stereocenters. The summed E-state index contributed by atoms with van der Waals surface area (Å²) < 4.78 is 0. The predicted octanol–water partition coefficient (Wildman–Crippen LogP) is 2.71. The largest absolute Gasteiger partial charge is 0.356 e. The zero-order valence-corrected chi connectivity index (χ0v) is 12.7. The molecule has 0 radical (unpaired) electrons. The smallest absolute Gasteiger partial charge is 0.223 e. The highest BCUT2D eigenvalue weighted by atomic mass is 16.1. The van der Waals surface area contributed by atoms with Crippen LogP contribution in [0.2, 0.25) is 0 Å². The van der Waals surface area contributed by atoms with Gasteiger partial charge in [0.15, 0.2) is 0 Å². The van der Waals surface area contributed by atoms with Crippen LogP contribution in [-0.4, -0.2) is 24.0 Å². The van der Waals surface area contributed by atoms with E-state index in [4.69, 9.17) is 0 Å². The molecule has 18 heavy (non-hydrogen) atoms. The Morgan fingerprint density at radius 3 is 2.50 bits per heavy atom. The molecule has 0 bridgehead atoms. The molecule has 1 aliphatic rings. The van der Waals surface area contributed by atoms with Gasteiger partial charge in [0.1, 0.15) is 0 Å². The summed E-state index contributed by atoms with van der Waals surface area (Å²) in [5.74, 6) is 1.13. The highest BCUT2D eigenvalue weighted by molar-refractivity contribution is 5.78. The van der Waals surface area contributed by atoms with Crippen LogP contribution in [0.1, 0.15) is 60.3 Å². The zero-order valence-electron chi connectivity index (χ0n) is 12.7. The molecule has 3 heteroatoms. The van der Waals surface area contributed by atoms with Crippen molar-refractivity contribution in [2.75, 3.05) is 6.54 Å². The Bertz CT molecular complexity index is 268. The predicted molar refractivity (Wildman–Crippen MR) is 76.5 cm³/mol. The first-order valence-electron chi connectivity index (χ1n) is 7.33. The maximum Gasteiger partial charge on any atom is 0.223 e. The average Bonchev–Trinajstić information content (AvgIpc) is 2.62. The molecular formula is C15H30N2O. The summed E-state index contributed by atoms with van der Waals surface area (Å²) in [6, 6.07) is 0.505. The summed E-state index contributed by atoms with van der Waals surface area (Å²) in [5, 5.41) is 6.67. The lowest BCUT2D eigenvalue weighted by Gasteiger charge is -2.25. The molecule has 0 spiro atoms. The number of carbonyl (C=O) groups is 1. The summed E-state index contributed by atoms with van der Waals surface area (Å²) in [7, 11) is 0. The quantitative estimate of drug-likeness (QED) is 0.792. The van der Waals surface area contributed by atoms with Crippen LogP contribution in [0.3, 0.4) is 0 Å². The Labute approximate surface area is 112 Å². The maximum absolute atomic E-state index is 12.0. The summed E-state index contributed by atoms with van der Waals surface area (Å²) in [6.45, 7) is 11.7. The Morgan fingerprint density at radius 2 is 1.94 bits per heavy atom. The van der Waals surface area contributed by atoms with E-state index >= 15 is 0 Å². The van der Waals surface area contributed by atoms with Crippen LogP contribution >= 0.6 is 0 Å². The topological polar surface area (TPSA) is 41.1 Å². The second-order valence-electron chi connectivity index (χ2n) is 7.07. The standard InChI is InChI=1S/C15H30N2O/c1-11(2)8-9-16-14(18)12-6-7-13(10-12)17-15(3,4)5/h11-13,17H,6-10H2,1-5H3,(H,16,18)/t12-,13+/m1/s1. The van der Waals surface area contributed by atoms with Crippen LogP contribution in [0.15, 0.2) is 0 Å². The fraction of sp³-hybridized carbons (Fsp3) is 0.933. The third-order valence-corrected chi connectivity index (χ3v) is 3.46. The fourth-order valence-corrected chi connectivity index (χ4v) is 2.59. The van der Waals surface area contributed by atoms with Gasteiger partial charge in [-0.25, -0.2) is 0 Å². The molecule has 0 aromatic rings. The Kier molecular flexibility index (Phi) is 5.64. The number of hydrogen-bond acceptors (Lipinski definition) is 2. The van der Waals surface area contributed by atoms with E-state index in [0.717, 1.165) is 32.2 Å². The molecule has 106 valence electrons. The molecule has 3 nitrogen and oxygen atoms in total. The van der Waals surface area contributed by atoms with Gasteiger partial charge in [-0.05, 0) is 52.4 Å². The summed E-state index contributed by atoms with van der Waals surface area (Å²) in [4.78, 5) is 12.0. The van der Waals surface area contributed by atoms with E-state index < -0.39 is 0 Å². The van der Waals surface area contributed by atoms with Gasteiger partial charge in [-0.3, -0.25) is 4.79 Å². The van der Waals surface area contributed by atoms with Crippen molar-refractivity contribution in [2.45, 2.75) is 71.9 Å². The molecule has 0 heterocycles. The van der Waals surface area contributed by atoms with Gasteiger partial charge < -0.3 is 10.6 Å². The second kappa shape index (κ2) is 6.55. The van der Waals surface area contributed by atoms with Gasteiger partial charge in [0.05, 0.1) is 0 Å². The van der Waals surface area contributed by atoms with Crippen LogP contribution in [0.25, 0.3) is 0 Å². The van der Waals surface area contributed by atoms with E-state index in [1.165, 1.54) is 0 Å². The van der Waals surface area contributed by atoms with Gasteiger partial charge in [0.25, 0.3) is 0 Å². The van der Waals surface area contributed by atoms with E-state index in [1.807, 2.05) is 0 Å². The molecule has 1 amide bonds. The molecule has 0 aromatic carbocycles. The molecule has 0 saturated heterocycles. The monoisotopic (exact) mass is 254 g/mol. The van der Waals surface area contributed by atoms with Crippen LogP contribution < -0.4 is 10.6 Å². The minimum absolute atomic E-state index is 0.147. The highest BCUT2D eigenvalue weighted by Gasteiger charge is 2.31. The lowest BCUT2D eigenvalue weighted by atomic mass is 10.0. The van der Waals surface area contributed by atoms with Crippen molar-refractivity contribution in [3.8, 4) is 0 Å². The first-order chi connectivity index (χ1) is 8.28. The number of rotatable bonds is 5. The van der Waals surface area contributed by atoms with E-state index in [2.05, 4.69) is 45.3 Å². The molecule has 0 aromatic heterocycles. The van der Waals surface area contributed by atoms with Crippen molar-refractivity contribution in [1.29, 1.82) is 0 Å². The minimum atomic E-state index is 0.147. The first kappa shape index (κ1) is 15.5. The van der Waals surface area contributed by atoms with Crippen LogP contribution in [-0.2, 0) is 4.79 Å². The average molecular weight is 254 g/mol. The number of carbonyl (C=O) groups excluding carboxylic acids is 1. The third-order valence-electron chi connectivity index (χ3n) is 3.46. The summed E-state index contributed by atoms with van der Waals surface area (Å²) in [6.07, 6.45) is 4.22. The Morgan fingerprint density at radius 1 is 1.28 bits per heavy atom. The number of nitrogens with one attached hydrogen (secondary N) is 2. The van der Waals surface area contributed by atoms with E-state index in [0.29, 0.717) is 12.0 Å². The van der Waals surface area contributed by atoms with Gasteiger partial charge in [-0.2, -0.15) is 0 Å². The van der Waals surface area contributed by atoms with Crippen molar-refractivity contribution in [2.24, 2.45) is 11.8 Å². The lowest BCUT2D eigenvalue weighted by Crippen LogP contribution is -2.42. The van der Waals surface area contributed by atoms with Crippen LogP contribution in [0, 0.1) is 11.8 Å². The number of amides is 1. The van der Waals surface area contributed by atoms with Gasteiger partial charge in [-0.1, -0.05) is 13.8 Å². The first-order valence-corrected chi connectivity index (χ1v) is 7.33. The van der Waals surface area contributed by atoms with Gasteiger partial charge in [0, 0.05) is 24.0 Å². The van der Waals surface area contributed by atoms with Crippen LogP contribution in [0.4, 0.5) is 0 Å². The van der Waals surface area contributed by atoms with Crippen molar-refractivity contribution < 1.29 is 4.79 Å². The summed E-state index contributed by atoms with van der Waals surface area (Å²) in [5.41, 5.74) is 0.147. The zero-order chi connectivity index (χ0) is 13.8. The molecule has 1 saturated carbocycles.